The van der Waals surface area contributed by atoms with Gasteiger partial charge in [-0.05, 0) is 32.1 Å². The standard InChI is InChI=1S/C49H86N4O21/c1-5-6-7-8-9-10-11-12-13-14-15-16-17-18-19-20-34(62)53-36-40(64)39(63)30(22-55)69-47(36)73-45-32(24-57)71-49(38(42(45)66)52-28(4)61)74-46-33(25-58)70-48(37(43(46)67)51-27(3)60)72-44-31(23-56)68-29(21-54)35(41(44)65)50-26(2)59/h12-13,29-33,35-49,54-58,63-67H,5-11,14-25H2,1-4H3,(H,50,59)(H,51,60)(H,52,61)(H,53,62)/b13-12-/t29-,30+,31-,32-,33+,35-,36+,37+,38+,39+,40+,41?,42?,43+,44+,45+,46+,47-,48-,49-/m0/s1. The van der Waals surface area contributed by atoms with E-state index in [4.69, 9.17) is 33.2 Å². The number of hydrogen-bond donors (Lipinski definition) is 14. The summed E-state index contributed by atoms with van der Waals surface area (Å²) in [5.74, 6) is -2.58. The number of aliphatic hydroxyl groups excluding tert-OH is 10. The van der Waals surface area contributed by atoms with Gasteiger partial charge in [0.2, 0.25) is 23.6 Å². The van der Waals surface area contributed by atoms with Crippen LogP contribution in [0.5, 0.6) is 0 Å². The summed E-state index contributed by atoms with van der Waals surface area (Å²) in [7, 11) is 0. The Morgan fingerprint density at radius 1 is 0.419 bits per heavy atom. The van der Waals surface area contributed by atoms with Crippen molar-refractivity contribution in [3.8, 4) is 0 Å². The molecule has 4 aliphatic rings. The smallest absolute Gasteiger partial charge is 0.220 e. The number of nitrogens with one attached hydrogen (secondary N) is 4. The van der Waals surface area contributed by atoms with Crippen LogP contribution in [-0.4, -0.2) is 230 Å². The molecule has 0 bridgehead atoms. The molecule has 4 amide bonds. The van der Waals surface area contributed by atoms with Crippen molar-refractivity contribution < 1.29 is 103 Å². The van der Waals surface area contributed by atoms with Crippen molar-refractivity contribution in [2.24, 2.45) is 0 Å². The molecule has 0 spiro atoms. The Kier molecular flexibility index (Phi) is 28.0. The SMILES string of the molecule is CCCCCCCC/C=C\CCCCCCCC(=O)N[C@H]1[C@H](O[C@H]2C(O)[C@@H](NC(C)=O)[C@H](O[C@H]3[C@H](O)[C@@H](NC(C)=O)[C@H](O[C@H]4C(O)[C@@H](NC(C)=O)[C@H](CO)O[C@H]4CO)O[C@@H]3CO)O[C@H]2CO)O[C@H](CO)[C@@H](O)[C@@H]1O. The molecule has 0 saturated carbocycles. The fourth-order valence-electron chi connectivity index (χ4n) is 9.83. The molecule has 4 rings (SSSR count). The van der Waals surface area contributed by atoms with Gasteiger partial charge in [-0.1, -0.05) is 70.4 Å². The van der Waals surface area contributed by atoms with E-state index in [1.807, 2.05) is 0 Å². The molecule has 0 aromatic rings. The Labute approximate surface area is 432 Å². The lowest BCUT2D eigenvalue weighted by Crippen LogP contribution is -2.71. The van der Waals surface area contributed by atoms with Crippen LogP contribution in [0, 0.1) is 0 Å². The van der Waals surface area contributed by atoms with Crippen LogP contribution in [0.4, 0.5) is 0 Å². The largest absolute Gasteiger partial charge is 0.394 e. The molecule has 20 atom stereocenters. The molecule has 428 valence electrons. The van der Waals surface area contributed by atoms with Crippen molar-refractivity contribution in [3.05, 3.63) is 12.2 Å². The van der Waals surface area contributed by atoms with Gasteiger partial charge >= 0.3 is 0 Å². The molecule has 4 aliphatic heterocycles. The molecule has 25 nitrogen and oxygen atoms in total. The highest BCUT2D eigenvalue weighted by molar-refractivity contribution is 5.76. The zero-order valence-electron chi connectivity index (χ0n) is 43.1. The quantitative estimate of drug-likeness (QED) is 0.0250. The van der Waals surface area contributed by atoms with E-state index < -0.39 is 179 Å². The van der Waals surface area contributed by atoms with Gasteiger partial charge in [-0.3, -0.25) is 19.2 Å². The maximum atomic E-state index is 13.3. The number of ether oxygens (including phenoxy) is 7. The van der Waals surface area contributed by atoms with E-state index in [-0.39, 0.29) is 6.42 Å². The van der Waals surface area contributed by atoms with Gasteiger partial charge in [0, 0.05) is 27.2 Å². The molecule has 74 heavy (non-hydrogen) atoms. The second-order valence-corrected chi connectivity index (χ2v) is 19.6. The Morgan fingerprint density at radius 3 is 1.19 bits per heavy atom. The number of amides is 4. The van der Waals surface area contributed by atoms with Crippen molar-refractivity contribution >= 4 is 23.6 Å². The van der Waals surface area contributed by atoms with E-state index in [1.165, 1.54) is 38.5 Å². The fraction of sp³-hybridized carbons (Fsp3) is 0.878. The minimum Gasteiger partial charge on any atom is -0.394 e. The van der Waals surface area contributed by atoms with E-state index in [9.17, 15) is 70.2 Å². The van der Waals surface area contributed by atoms with Gasteiger partial charge in [0.05, 0.1) is 39.1 Å². The lowest BCUT2D eigenvalue weighted by molar-refractivity contribution is -0.359. The molecule has 0 aliphatic carbocycles. The zero-order valence-corrected chi connectivity index (χ0v) is 43.1. The van der Waals surface area contributed by atoms with E-state index in [0.29, 0.717) is 6.42 Å². The van der Waals surface area contributed by atoms with Gasteiger partial charge in [0.1, 0.15) is 97.5 Å². The number of rotatable bonds is 30. The molecule has 25 heteroatoms. The molecule has 0 aromatic heterocycles. The number of allylic oxidation sites excluding steroid dienone is 2. The minimum atomic E-state index is -1.89. The highest BCUT2D eigenvalue weighted by atomic mass is 16.8. The van der Waals surface area contributed by atoms with Gasteiger partial charge < -0.3 is 105 Å². The third kappa shape index (κ3) is 18.3. The van der Waals surface area contributed by atoms with E-state index in [0.717, 1.165) is 59.3 Å². The molecule has 2 unspecified atom stereocenters. The predicted octanol–water partition coefficient (Wildman–Crippen LogP) is -3.11. The molecule has 4 fully saturated rings. The van der Waals surface area contributed by atoms with Crippen molar-refractivity contribution in [2.45, 2.75) is 240 Å². The monoisotopic (exact) mass is 1070 g/mol. The lowest BCUT2D eigenvalue weighted by atomic mass is 9.91. The van der Waals surface area contributed by atoms with Gasteiger partial charge in [0.25, 0.3) is 0 Å². The summed E-state index contributed by atoms with van der Waals surface area (Å²) < 4.78 is 41.9. The summed E-state index contributed by atoms with van der Waals surface area (Å²) in [6.07, 6.45) is -7.73. The highest BCUT2D eigenvalue weighted by Crippen LogP contribution is 2.35. The maximum Gasteiger partial charge on any atom is 0.220 e. The zero-order chi connectivity index (χ0) is 54.5. The fourth-order valence-corrected chi connectivity index (χ4v) is 9.83. The van der Waals surface area contributed by atoms with Gasteiger partial charge in [-0.15, -0.1) is 0 Å². The maximum absolute atomic E-state index is 13.3. The summed E-state index contributed by atoms with van der Waals surface area (Å²) in [6, 6.07) is -5.95. The van der Waals surface area contributed by atoms with Gasteiger partial charge in [0.15, 0.2) is 18.9 Å². The van der Waals surface area contributed by atoms with Gasteiger partial charge in [-0.2, -0.15) is 0 Å². The summed E-state index contributed by atoms with van der Waals surface area (Å²) >= 11 is 0. The van der Waals surface area contributed by atoms with E-state index in [1.54, 1.807) is 0 Å². The van der Waals surface area contributed by atoms with Crippen molar-refractivity contribution in [1.29, 1.82) is 0 Å². The van der Waals surface area contributed by atoms with Crippen LogP contribution in [-0.2, 0) is 52.3 Å². The second kappa shape index (κ2) is 32.6. The number of carbonyl (C=O) groups excluding carboxylic acids is 4. The molecular formula is C49H86N4O21. The Hall–Kier alpha value is -3.06. The van der Waals surface area contributed by atoms with Crippen molar-refractivity contribution in [2.75, 3.05) is 33.0 Å². The first-order chi connectivity index (χ1) is 35.4. The number of unbranched alkanes of at least 4 members (excludes halogenated alkanes) is 11. The van der Waals surface area contributed by atoms with E-state index >= 15 is 0 Å². The van der Waals surface area contributed by atoms with Crippen LogP contribution in [0.2, 0.25) is 0 Å². The van der Waals surface area contributed by atoms with E-state index in [2.05, 4.69) is 40.3 Å². The molecule has 4 saturated heterocycles. The first-order valence-corrected chi connectivity index (χ1v) is 26.2. The van der Waals surface area contributed by atoms with Crippen LogP contribution in [0.15, 0.2) is 12.2 Å². The number of carbonyl (C=O) groups is 4. The Morgan fingerprint density at radius 2 is 0.770 bits per heavy atom. The summed E-state index contributed by atoms with van der Waals surface area (Å²) in [5, 5.41) is 119. The summed E-state index contributed by atoms with van der Waals surface area (Å²) in [6.45, 7) is 1.49. The third-order valence-electron chi connectivity index (χ3n) is 13.7. The topological polar surface area (TPSA) is 383 Å². The first kappa shape index (κ1) is 63.5. The van der Waals surface area contributed by atoms with Crippen molar-refractivity contribution in [3.63, 3.8) is 0 Å². The Bertz CT molecular complexity index is 1710. The highest BCUT2D eigenvalue weighted by Gasteiger charge is 2.56. The third-order valence-corrected chi connectivity index (χ3v) is 13.7. The molecule has 14 N–H and O–H groups in total. The van der Waals surface area contributed by atoms with Crippen LogP contribution in [0.25, 0.3) is 0 Å². The van der Waals surface area contributed by atoms with Crippen LogP contribution >= 0.6 is 0 Å². The molecular weight excluding hydrogens is 981 g/mol. The molecule has 0 radical (unpaired) electrons. The number of hydrogen-bond acceptors (Lipinski definition) is 21. The molecule has 4 heterocycles. The normalized spacial score (nSPS) is 36.6. The van der Waals surface area contributed by atoms with Crippen LogP contribution < -0.4 is 21.3 Å². The minimum absolute atomic E-state index is 0.0527. The summed E-state index contributed by atoms with van der Waals surface area (Å²) in [4.78, 5) is 50.5. The molecule has 0 aromatic carbocycles. The predicted molar refractivity (Wildman–Crippen MR) is 259 cm³/mol. The van der Waals surface area contributed by atoms with Crippen LogP contribution in [0.3, 0.4) is 0 Å². The average Bonchev–Trinajstić information content (AvgIpc) is 3.36. The Balaban J connectivity index is 1.44. The number of aliphatic hydroxyl groups is 10. The van der Waals surface area contributed by atoms with Gasteiger partial charge in [-0.25, -0.2) is 0 Å². The average molecular weight is 1070 g/mol. The first-order valence-electron chi connectivity index (χ1n) is 26.2. The van der Waals surface area contributed by atoms with Crippen LogP contribution in [0.1, 0.15) is 118 Å². The van der Waals surface area contributed by atoms with Crippen molar-refractivity contribution in [1.82, 2.24) is 21.3 Å². The lowest BCUT2D eigenvalue weighted by Gasteiger charge is -2.51. The second-order valence-electron chi connectivity index (χ2n) is 19.6. The summed E-state index contributed by atoms with van der Waals surface area (Å²) in [5.41, 5.74) is 0.